The van der Waals surface area contributed by atoms with Gasteiger partial charge in [0.1, 0.15) is 5.65 Å². The Morgan fingerprint density at radius 2 is 2.10 bits per heavy atom. The van der Waals surface area contributed by atoms with Gasteiger partial charge in [0.05, 0.1) is 21.8 Å². The molecule has 0 saturated carbocycles. The van der Waals surface area contributed by atoms with Gasteiger partial charge in [-0.15, -0.1) is 0 Å². The molecule has 2 aliphatic rings. The van der Waals surface area contributed by atoms with Gasteiger partial charge >= 0.3 is 0 Å². The number of carbonyl (C=O) groups excluding carboxylic acids is 1. The van der Waals surface area contributed by atoms with Crippen LogP contribution in [0.1, 0.15) is 43.4 Å². The fraction of sp³-hybridized carbons (Fsp3) is 0.360. The lowest BCUT2D eigenvalue weighted by Gasteiger charge is -2.39. The molecule has 4 heterocycles. The van der Waals surface area contributed by atoms with Gasteiger partial charge < -0.3 is 10.6 Å². The lowest BCUT2D eigenvalue weighted by atomic mass is 9.75. The molecule has 5 rings (SSSR count). The highest BCUT2D eigenvalue weighted by molar-refractivity contribution is 8.04. The SMILES string of the molecule is CCCC1NCCC(CNC(=O)C2=Cc3cnc4cccc(n34)S2)C1c1ccccc1. The molecule has 1 amide bonds. The molecule has 2 aliphatic heterocycles. The maximum absolute atomic E-state index is 13.1. The van der Waals surface area contributed by atoms with Crippen molar-refractivity contribution in [2.75, 3.05) is 13.1 Å². The first kappa shape index (κ1) is 20.3. The summed E-state index contributed by atoms with van der Waals surface area (Å²) in [5, 5.41) is 8.02. The van der Waals surface area contributed by atoms with Gasteiger partial charge in [-0.25, -0.2) is 4.98 Å². The Kier molecular flexibility index (Phi) is 5.83. The van der Waals surface area contributed by atoms with E-state index < -0.39 is 0 Å². The van der Waals surface area contributed by atoms with Gasteiger partial charge in [0.15, 0.2) is 0 Å². The van der Waals surface area contributed by atoms with Crippen molar-refractivity contribution in [1.29, 1.82) is 0 Å². The molecule has 0 radical (unpaired) electrons. The molecule has 3 unspecified atom stereocenters. The van der Waals surface area contributed by atoms with Gasteiger partial charge in [-0.05, 0) is 49.1 Å². The normalized spacial score (nSPS) is 22.9. The van der Waals surface area contributed by atoms with Crippen LogP contribution in [0.3, 0.4) is 0 Å². The van der Waals surface area contributed by atoms with E-state index in [2.05, 4.69) is 57.3 Å². The topological polar surface area (TPSA) is 58.4 Å². The number of nitrogens with zero attached hydrogens (tertiary/aromatic N) is 2. The number of hydrogen-bond donors (Lipinski definition) is 2. The summed E-state index contributed by atoms with van der Waals surface area (Å²) in [7, 11) is 0. The van der Waals surface area contributed by atoms with E-state index in [4.69, 9.17) is 0 Å². The quantitative estimate of drug-likeness (QED) is 0.604. The van der Waals surface area contributed by atoms with E-state index in [0.29, 0.717) is 24.4 Å². The van der Waals surface area contributed by atoms with Crippen LogP contribution in [-0.2, 0) is 4.79 Å². The fourth-order valence-corrected chi connectivity index (χ4v) is 6.01. The Morgan fingerprint density at radius 3 is 2.94 bits per heavy atom. The molecule has 2 N–H and O–H groups in total. The van der Waals surface area contributed by atoms with E-state index in [1.807, 2.05) is 30.5 Å². The number of thioether (sulfide) groups is 1. The Hall–Kier alpha value is -2.57. The summed E-state index contributed by atoms with van der Waals surface area (Å²) in [5.41, 5.74) is 3.24. The zero-order chi connectivity index (χ0) is 21.2. The van der Waals surface area contributed by atoms with E-state index in [1.165, 1.54) is 17.3 Å². The number of piperidine rings is 1. The third-order valence-corrected chi connectivity index (χ3v) is 7.46. The van der Waals surface area contributed by atoms with Crippen LogP contribution in [0.15, 0.2) is 64.7 Å². The highest BCUT2D eigenvalue weighted by Gasteiger charge is 2.34. The monoisotopic (exact) mass is 432 g/mol. The predicted molar refractivity (Wildman–Crippen MR) is 126 cm³/mol. The average molecular weight is 433 g/mol. The van der Waals surface area contributed by atoms with Gasteiger partial charge in [0.2, 0.25) is 0 Å². The first-order valence-corrected chi connectivity index (χ1v) is 12.0. The van der Waals surface area contributed by atoms with Crippen molar-refractivity contribution < 1.29 is 4.79 Å². The zero-order valence-corrected chi connectivity index (χ0v) is 18.6. The fourth-order valence-electron chi connectivity index (χ4n) is 5.00. The minimum atomic E-state index is 0.00633. The maximum Gasteiger partial charge on any atom is 0.258 e. The molecule has 0 bridgehead atoms. The second-order valence-electron chi connectivity index (χ2n) is 8.40. The molecule has 1 saturated heterocycles. The first-order chi connectivity index (χ1) is 15.2. The number of nitrogens with one attached hydrogen (secondary N) is 2. The molecule has 0 spiro atoms. The molecule has 3 aromatic rings. The Labute approximate surface area is 187 Å². The highest BCUT2D eigenvalue weighted by Crippen LogP contribution is 2.36. The predicted octanol–water partition coefficient (Wildman–Crippen LogP) is 4.46. The molecule has 1 fully saturated rings. The number of pyridine rings is 1. The zero-order valence-electron chi connectivity index (χ0n) is 17.8. The lowest BCUT2D eigenvalue weighted by Crippen LogP contribution is -2.47. The van der Waals surface area contributed by atoms with Crippen molar-refractivity contribution in [2.45, 2.75) is 43.2 Å². The second kappa shape index (κ2) is 8.89. The van der Waals surface area contributed by atoms with Crippen LogP contribution in [0.4, 0.5) is 0 Å². The van der Waals surface area contributed by atoms with Gasteiger partial charge in [-0.1, -0.05) is 61.5 Å². The maximum atomic E-state index is 13.1. The third kappa shape index (κ3) is 4.02. The molecule has 5 nitrogen and oxygen atoms in total. The van der Waals surface area contributed by atoms with Gasteiger partial charge in [-0.3, -0.25) is 9.20 Å². The molecule has 31 heavy (non-hydrogen) atoms. The minimum Gasteiger partial charge on any atom is -0.351 e. The second-order valence-corrected chi connectivity index (χ2v) is 9.46. The van der Waals surface area contributed by atoms with Crippen molar-refractivity contribution in [1.82, 2.24) is 20.0 Å². The van der Waals surface area contributed by atoms with Crippen molar-refractivity contribution in [2.24, 2.45) is 5.92 Å². The minimum absolute atomic E-state index is 0.00633. The van der Waals surface area contributed by atoms with Crippen molar-refractivity contribution in [3.8, 4) is 0 Å². The number of amides is 1. The number of benzene rings is 1. The van der Waals surface area contributed by atoms with Gasteiger partial charge in [-0.2, -0.15) is 0 Å². The molecule has 1 aromatic carbocycles. The molecular weight excluding hydrogens is 404 g/mol. The van der Waals surface area contributed by atoms with E-state index in [1.54, 1.807) is 0 Å². The van der Waals surface area contributed by atoms with Crippen LogP contribution >= 0.6 is 11.8 Å². The van der Waals surface area contributed by atoms with Crippen LogP contribution in [0, 0.1) is 5.92 Å². The van der Waals surface area contributed by atoms with Crippen LogP contribution in [-0.4, -0.2) is 34.4 Å². The largest absolute Gasteiger partial charge is 0.351 e. The number of imidazole rings is 1. The van der Waals surface area contributed by atoms with Crippen LogP contribution in [0.5, 0.6) is 0 Å². The summed E-state index contributed by atoms with van der Waals surface area (Å²) in [6.07, 6.45) is 7.16. The summed E-state index contributed by atoms with van der Waals surface area (Å²) in [5.74, 6) is 0.845. The summed E-state index contributed by atoms with van der Waals surface area (Å²) in [6, 6.07) is 17.2. The lowest BCUT2D eigenvalue weighted by molar-refractivity contribution is -0.117. The Balaban J connectivity index is 1.32. The number of aromatic nitrogens is 2. The average Bonchev–Trinajstić information content (AvgIpc) is 3.23. The third-order valence-electron chi connectivity index (χ3n) is 6.41. The number of carbonyl (C=O) groups is 1. The van der Waals surface area contributed by atoms with E-state index in [0.717, 1.165) is 47.1 Å². The first-order valence-electron chi connectivity index (χ1n) is 11.2. The summed E-state index contributed by atoms with van der Waals surface area (Å²) in [4.78, 5) is 18.3. The van der Waals surface area contributed by atoms with Crippen molar-refractivity contribution in [3.05, 3.63) is 70.9 Å². The Morgan fingerprint density at radius 1 is 1.23 bits per heavy atom. The molecule has 0 aliphatic carbocycles. The molecule has 6 heteroatoms. The number of hydrogen-bond acceptors (Lipinski definition) is 4. The Bertz CT molecular complexity index is 1110. The van der Waals surface area contributed by atoms with E-state index in [9.17, 15) is 4.79 Å². The van der Waals surface area contributed by atoms with Crippen LogP contribution < -0.4 is 10.6 Å². The number of rotatable bonds is 6. The van der Waals surface area contributed by atoms with Crippen molar-refractivity contribution >= 4 is 29.4 Å². The molecular formula is C25H28N4OS. The summed E-state index contributed by atoms with van der Waals surface area (Å²) >= 11 is 1.51. The van der Waals surface area contributed by atoms with Crippen molar-refractivity contribution in [3.63, 3.8) is 0 Å². The summed E-state index contributed by atoms with van der Waals surface area (Å²) in [6.45, 7) is 3.95. The highest BCUT2D eigenvalue weighted by atomic mass is 32.2. The summed E-state index contributed by atoms with van der Waals surface area (Å²) < 4.78 is 2.09. The molecule has 2 aromatic heterocycles. The standard InChI is InChI=1S/C25H28N4OS/c1-2-7-20-24(17-8-4-3-5-9-17)18(12-13-26-20)15-28-25(30)21-14-19-16-27-22-10-6-11-23(31-21)29(19)22/h3-6,8-11,14,16,18,20,24,26H,2,7,12-13,15H2,1H3,(H,28,30). The van der Waals surface area contributed by atoms with Crippen LogP contribution in [0.25, 0.3) is 11.7 Å². The van der Waals surface area contributed by atoms with Gasteiger partial charge in [0, 0.05) is 18.5 Å². The molecule has 160 valence electrons. The smallest absolute Gasteiger partial charge is 0.258 e. The van der Waals surface area contributed by atoms with Crippen LogP contribution in [0.2, 0.25) is 0 Å². The van der Waals surface area contributed by atoms with E-state index in [-0.39, 0.29) is 5.91 Å². The van der Waals surface area contributed by atoms with E-state index >= 15 is 0 Å². The molecule has 3 atom stereocenters. The van der Waals surface area contributed by atoms with Gasteiger partial charge in [0.25, 0.3) is 5.91 Å².